The minimum absolute atomic E-state index is 0.517. The molecular formula is C25H30NP. The molecule has 1 nitrogen and oxygen atoms in total. The first-order valence-electron chi connectivity index (χ1n) is 9.81. The van der Waals surface area contributed by atoms with E-state index in [9.17, 15) is 0 Å². The lowest BCUT2D eigenvalue weighted by atomic mass is 10.1. The summed E-state index contributed by atoms with van der Waals surface area (Å²) in [5.41, 5.74) is 1.39. The Morgan fingerprint density at radius 2 is 1.00 bits per heavy atom. The second-order valence-corrected chi connectivity index (χ2v) is 9.75. The molecule has 27 heavy (non-hydrogen) atoms. The molecule has 0 radical (unpaired) electrons. The minimum atomic E-state index is -0.517. The number of benzene rings is 3. The molecule has 0 spiro atoms. The SMILES string of the molecule is CC(C)N(Cc1ccc(P(c2ccccc2)c2ccccc2)cc1)C(C)C. The lowest BCUT2D eigenvalue weighted by Crippen LogP contribution is -2.36. The van der Waals surface area contributed by atoms with E-state index >= 15 is 0 Å². The Morgan fingerprint density at radius 3 is 1.41 bits per heavy atom. The molecule has 0 N–H and O–H groups in total. The zero-order valence-electron chi connectivity index (χ0n) is 16.8. The number of hydrogen-bond acceptors (Lipinski definition) is 1. The third-order valence-corrected chi connectivity index (χ3v) is 7.36. The summed E-state index contributed by atoms with van der Waals surface area (Å²) in [5.74, 6) is 0. The average molecular weight is 375 g/mol. The van der Waals surface area contributed by atoms with E-state index in [0.29, 0.717) is 12.1 Å². The molecule has 0 bridgehead atoms. The van der Waals surface area contributed by atoms with Crippen LogP contribution in [-0.2, 0) is 6.54 Å². The van der Waals surface area contributed by atoms with Gasteiger partial charge in [-0.05, 0) is 57.1 Å². The molecule has 0 saturated heterocycles. The zero-order chi connectivity index (χ0) is 19.2. The number of nitrogens with zero attached hydrogens (tertiary/aromatic N) is 1. The van der Waals surface area contributed by atoms with Crippen molar-refractivity contribution >= 4 is 23.8 Å². The van der Waals surface area contributed by atoms with Crippen molar-refractivity contribution in [1.29, 1.82) is 0 Å². The van der Waals surface area contributed by atoms with Crippen molar-refractivity contribution in [3.05, 3.63) is 90.5 Å². The van der Waals surface area contributed by atoms with Crippen LogP contribution in [0.3, 0.4) is 0 Å². The molecule has 0 unspecified atom stereocenters. The van der Waals surface area contributed by atoms with Crippen molar-refractivity contribution < 1.29 is 0 Å². The molecule has 0 atom stereocenters. The highest BCUT2D eigenvalue weighted by molar-refractivity contribution is 7.79. The third-order valence-electron chi connectivity index (χ3n) is 4.92. The predicted octanol–water partition coefficient (Wildman–Crippen LogP) is 5.06. The summed E-state index contributed by atoms with van der Waals surface area (Å²) in [6, 6.07) is 32.2. The van der Waals surface area contributed by atoms with Crippen LogP contribution in [-0.4, -0.2) is 17.0 Å². The lowest BCUT2D eigenvalue weighted by Gasteiger charge is -2.30. The number of rotatable bonds is 7. The molecule has 3 aromatic carbocycles. The van der Waals surface area contributed by atoms with Crippen molar-refractivity contribution in [2.75, 3.05) is 0 Å². The summed E-state index contributed by atoms with van der Waals surface area (Å²) in [6.07, 6.45) is 0. The highest BCUT2D eigenvalue weighted by atomic mass is 31.1. The van der Waals surface area contributed by atoms with Gasteiger partial charge in [-0.25, -0.2) is 0 Å². The quantitative estimate of drug-likeness (QED) is 0.522. The van der Waals surface area contributed by atoms with Crippen LogP contribution in [0.1, 0.15) is 33.3 Å². The molecule has 0 aliphatic carbocycles. The molecule has 0 aliphatic rings. The zero-order valence-corrected chi connectivity index (χ0v) is 17.7. The maximum Gasteiger partial charge on any atom is 0.0239 e. The van der Waals surface area contributed by atoms with E-state index < -0.39 is 7.92 Å². The van der Waals surface area contributed by atoms with Crippen molar-refractivity contribution in [1.82, 2.24) is 4.90 Å². The fraction of sp³-hybridized carbons (Fsp3) is 0.280. The van der Waals surface area contributed by atoms with Crippen LogP contribution in [0.2, 0.25) is 0 Å². The molecule has 0 heterocycles. The van der Waals surface area contributed by atoms with E-state index in [-0.39, 0.29) is 0 Å². The molecule has 2 heteroatoms. The van der Waals surface area contributed by atoms with E-state index in [1.54, 1.807) is 0 Å². The normalized spacial score (nSPS) is 11.7. The van der Waals surface area contributed by atoms with Crippen molar-refractivity contribution in [3.8, 4) is 0 Å². The molecule has 3 rings (SSSR count). The second kappa shape index (κ2) is 9.31. The van der Waals surface area contributed by atoms with E-state index in [0.717, 1.165) is 6.54 Å². The molecule has 0 amide bonds. The Bertz CT molecular complexity index is 762. The predicted molar refractivity (Wildman–Crippen MR) is 121 cm³/mol. The largest absolute Gasteiger partial charge is 0.294 e. The lowest BCUT2D eigenvalue weighted by molar-refractivity contribution is 0.166. The van der Waals surface area contributed by atoms with Crippen LogP contribution < -0.4 is 15.9 Å². The van der Waals surface area contributed by atoms with Gasteiger partial charge in [0.15, 0.2) is 0 Å². The summed E-state index contributed by atoms with van der Waals surface area (Å²) in [7, 11) is -0.517. The fourth-order valence-electron chi connectivity index (χ4n) is 3.52. The topological polar surface area (TPSA) is 3.24 Å². The summed E-state index contributed by atoms with van der Waals surface area (Å²) in [5, 5.41) is 4.21. The minimum Gasteiger partial charge on any atom is -0.294 e. The van der Waals surface area contributed by atoms with Crippen molar-refractivity contribution in [2.45, 2.75) is 46.3 Å². The summed E-state index contributed by atoms with van der Waals surface area (Å²) >= 11 is 0. The Kier molecular flexibility index (Phi) is 6.83. The monoisotopic (exact) mass is 375 g/mol. The van der Waals surface area contributed by atoms with E-state index in [2.05, 4.69) is 118 Å². The van der Waals surface area contributed by atoms with Gasteiger partial charge >= 0.3 is 0 Å². The second-order valence-electron chi connectivity index (χ2n) is 7.53. The van der Waals surface area contributed by atoms with E-state index in [1.165, 1.54) is 21.5 Å². The summed E-state index contributed by atoms with van der Waals surface area (Å²) in [4.78, 5) is 2.53. The smallest absolute Gasteiger partial charge is 0.0239 e. The molecule has 3 aromatic rings. The van der Waals surface area contributed by atoms with Gasteiger partial charge in [0.05, 0.1) is 0 Å². The van der Waals surface area contributed by atoms with Crippen molar-refractivity contribution in [2.24, 2.45) is 0 Å². The van der Waals surface area contributed by atoms with Crippen LogP contribution >= 0.6 is 7.92 Å². The average Bonchev–Trinajstić information content (AvgIpc) is 2.68. The van der Waals surface area contributed by atoms with Gasteiger partial charge in [0, 0.05) is 18.6 Å². The highest BCUT2D eigenvalue weighted by Crippen LogP contribution is 2.32. The Hall–Kier alpha value is -1.95. The molecule has 0 fully saturated rings. The highest BCUT2D eigenvalue weighted by Gasteiger charge is 2.17. The molecule has 0 aliphatic heterocycles. The molecule has 140 valence electrons. The van der Waals surface area contributed by atoms with Crippen LogP contribution in [0, 0.1) is 0 Å². The van der Waals surface area contributed by atoms with Gasteiger partial charge in [-0.2, -0.15) is 0 Å². The van der Waals surface area contributed by atoms with Gasteiger partial charge in [0.1, 0.15) is 0 Å². The van der Waals surface area contributed by atoms with Gasteiger partial charge in [-0.1, -0.05) is 84.9 Å². The Labute approximate surface area is 165 Å². The van der Waals surface area contributed by atoms with Gasteiger partial charge in [0.25, 0.3) is 0 Å². The molecule has 0 aromatic heterocycles. The number of hydrogen-bond donors (Lipinski definition) is 0. The van der Waals surface area contributed by atoms with Gasteiger partial charge in [0.2, 0.25) is 0 Å². The third kappa shape index (κ3) is 5.06. The Balaban J connectivity index is 1.90. The maximum atomic E-state index is 2.53. The standard InChI is InChI=1S/C25H30NP/c1-20(2)26(21(3)4)19-22-15-17-25(18-16-22)27(23-11-7-5-8-12-23)24-13-9-6-10-14-24/h5-18,20-21H,19H2,1-4H3. The van der Waals surface area contributed by atoms with Gasteiger partial charge in [-0.3, -0.25) is 4.90 Å². The molecular weight excluding hydrogens is 345 g/mol. The first kappa shape index (κ1) is 19.8. The van der Waals surface area contributed by atoms with Crippen LogP contribution in [0.15, 0.2) is 84.9 Å². The summed E-state index contributed by atoms with van der Waals surface area (Å²) in [6.45, 7) is 10.1. The van der Waals surface area contributed by atoms with Gasteiger partial charge < -0.3 is 0 Å². The fourth-order valence-corrected chi connectivity index (χ4v) is 5.81. The van der Waals surface area contributed by atoms with Gasteiger partial charge in [-0.15, -0.1) is 0 Å². The van der Waals surface area contributed by atoms with Crippen LogP contribution in [0.25, 0.3) is 0 Å². The van der Waals surface area contributed by atoms with Crippen molar-refractivity contribution in [3.63, 3.8) is 0 Å². The molecule has 0 saturated carbocycles. The van der Waals surface area contributed by atoms with Crippen LogP contribution in [0.5, 0.6) is 0 Å². The van der Waals surface area contributed by atoms with E-state index in [4.69, 9.17) is 0 Å². The Morgan fingerprint density at radius 1 is 0.593 bits per heavy atom. The maximum absolute atomic E-state index is 2.53. The summed E-state index contributed by atoms with van der Waals surface area (Å²) < 4.78 is 0. The first-order chi connectivity index (χ1) is 13.1. The van der Waals surface area contributed by atoms with E-state index in [1.807, 2.05) is 0 Å². The van der Waals surface area contributed by atoms with Crippen LogP contribution in [0.4, 0.5) is 0 Å². The first-order valence-corrected chi connectivity index (χ1v) is 11.2.